The van der Waals surface area contributed by atoms with Gasteiger partial charge in [0.15, 0.2) is 0 Å². The highest BCUT2D eigenvalue weighted by Gasteiger charge is 2.14. The van der Waals surface area contributed by atoms with Crippen LogP contribution in [0.5, 0.6) is 0 Å². The van der Waals surface area contributed by atoms with Crippen LogP contribution in [0.3, 0.4) is 0 Å². The summed E-state index contributed by atoms with van der Waals surface area (Å²) in [5.41, 5.74) is 1.56. The molecule has 1 aromatic carbocycles. The van der Waals surface area contributed by atoms with Gasteiger partial charge in [0.1, 0.15) is 5.82 Å². The van der Waals surface area contributed by atoms with Crippen molar-refractivity contribution in [2.24, 2.45) is 0 Å². The standard InChI is InChI=1S/C20H21N5O2/c26-18(22-16-8-9-17(21-14-16)25-12-4-5-13-25)10-11-19-23-24-20(27-19)15-6-2-1-3-7-15/h1-3,6-9,14H,4-5,10-13H2,(H,22,26). The van der Waals surface area contributed by atoms with Crippen molar-refractivity contribution in [2.75, 3.05) is 23.3 Å². The van der Waals surface area contributed by atoms with Crippen LogP contribution in [0.25, 0.3) is 11.5 Å². The molecule has 4 rings (SSSR count). The van der Waals surface area contributed by atoms with Crippen LogP contribution in [-0.4, -0.2) is 34.2 Å². The van der Waals surface area contributed by atoms with Gasteiger partial charge in [-0.15, -0.1) is 10.2 Å². The van der Waals surface area contributed by atoms with Crippen molar-refractivity contribution in [2.45, 2.75) is 25.7 Å². The molecule has 0 radical (unpaired) electrons. The van der Waals surface area contributed by atoms with E-state index in [9.17, 15) is 4.79 Å². The molecule has 0 unspecified atom stereocenters. The van der Waals surface area contributed by atoms with E-state index < -0.39 is 0 Å². The third kappa shape index (κ3) is 4.31. The Kier molecular flexibility index (Phi) is 5.09. The smallest absolute Gasteiger partial charge is 0.247 e. The summed E-state index contributed by atoms with van der Waals surface area (Å²) in [6.07, 6.45) is 4.78. The zero-order valence-electron chi connectivity index (χ0n) is 15.0. The first-order valence-electron chi connectivity index (χ1n) is 9.16. The van der Waals surface area contributed by atoms with Crippen LogP contribution >= 0.6 is 0 Å². The second-order valence-electron chi connectivity index (χ2n) is 6.51. The molecule has 0 spiro atoms. The summed E-state index contributed by atoms with van der Waals surface area (Å²) in [4.78, 5) is 18.9. The third-order valence-electron chi connectivity index (χ3n) is 4.52. The van der Waals surface area contributed by atoms with Crippen molar-refractivity contribution in [3.05, 3.63) is 54.6 Å². The molecule has 0 atom stereocenters. The first-order chi connectivity index (χ1) is 13.3. The number of pyridine rings is 1. The van der Waals surface area contributed by atoms with E-state index in [0.29, 0.717) is 23.9 Å². The molecule has 0 saturated carbocycles. The van der Waals surface area contributed by atoms with Crippen LogP contribution in [0, 0.1) is 0 Å². The van der Waals surface area contributed by atoms with Crippen LogP contribution in [0.4, 0.5) is 11.5 Å². The third-order valence-corrected chi connectivity index (χ3v) is 4.52. The number of carbonyl (C=O) groups excluding carboxylic acids is 1. The van der Waals surface area contributed by atoms with E-state index in [1.54, 1.807) is 6.20 Å². The highest BCUT2D eigenvalue weighted by molar-refractivity contribution is 5.90. The summed E-state index contributed by atoms with van der Waals surface area (Å²) in [7, 11) is 0. The summed E-state index contributed by atoms with van der Waals surface area (Å²) >= 11 is 0. The van der Waals surface area contributed by atoms with Crippen LogP contribution in [0.2, 0.25) is 0 Å². The minimum Gasteiger partial charge on any atom is -0.421 e. The Hall–Kier alpha value is -3.22. The van der Waals surface area contributed by atoms with Gasteiger partial charge in [0, 0.05) is 31.5 Å². The fourth-order valence-electron chi connectivity index (χ4n) is 3.09. The number of amides is 1. The number of aromatic nitrogens is 3. The summed E-state index contributed by atoms with van der Waals surface area (Å²) < 4.78 is 5.62. The maximum atomic E-state index is 12.2. The molecule has 1 aliphatic rings. The highest BCUT2D eigenvalue weighted by Crippen LogP contribution is 2.20. The minimum atomic E-state index is -0.106. The quantitative estimate of drug-likeness (QED) is 0.723. The van der Waals surface area contributed by atoms with Crippen LogP contribution in [0.15, 0.2) is 53.1 Å². The molecule has 1 fully saturated rings. The number of nitrogens with zero attached hydrogens (tertiary/aromatic N) is 4. The van der Waals surface area contributed by atoms with E-state index >= 15 is 0 Å². The Bertz CT molecular complexity index is 886. The number of nitrogens with one attached hydrogen (secondary N) is 1. The van der Waals surface area contributed by atoms with Gasteiger partial charge in [0.05, 0.1) is 11.9 Å². The predicted octanol–water partition coefficient (Wildman–Crippen LogP) is 3.30. The van der Waals surface area contributed by atoms with Gasteiger partial charge in [-0.2, -0.15) is 0 Å². The molecule has 27 heavy (non-hydrogen) atoms. The molecule has 1 amide bonds. The second-order valence-corrected chi connectivity index (χ2v) is 6.51. The van der Waals surface area contributed by atoms with Crippen molar-refractivity contribution < 1.29 is 9.21 Å². The van der Waals surface area contributed by atoms with Crippen LogP contribution < -0.4 is 10.2 Å². The maximum Gasteiger partial charge on any atom is 0.247 e. The lowest BCUT2D eigenvalue weighted by Crippen LogP contribution is -2.19. The fraction of sp³-hybridized carbons (Fsp3) is 0.300. The average molecular weight is 363 g/mol. The van der Waals surface area contributed by atoms with Gasteiger partial charge in [0.25, 0.3) is 0 Å². The van der Waals surface area contributed by atoms with Gasteiger partial charge in [-0.05, 0) is 37.1 Å². The monoisotopic (exact) mass is 363 g/mol. The summed E-state index contributed by atoms with van der Waals surface area (Å²) in [5.74, 6) is 1.77. The van der Waals surface area contributed by atoms with E-state index in [-0.39, 0.29) is 12.3 Å². The van der Waals surface area contributed by atoms with Crippen molar-refractivity contribution in [3.63, 3.8) is 0 Å². The van der Waals surface area contributed by atoms with Gasteiger partial charge in [-0.25, -0.2) is 4.98 Å². The average Bonchev–Trinajstić information content (AvgIpc) is 3.40. The number of hydrogen-bond acceptors (Lipinski definition) is 6. The van der Waals surface area contributed by atoms with Crippen molar-refractivity contribution in [1.29, 1.82) is 0 Å². The van der Waals surface area contributed by atoms with Crippen molar-refractivity contribution in [1.82, 2.24) is 15.2 Å². The zero-order chi connectivity index (χ0) is 18.5. The second kappa shape index (κ2) is 7.99. The number of benzene rings is 1. The molecule has 7 heteroatoms. The molecule has 2 aromatic heterocycles. The van der Waals surface area contributed by atoms with E-state index in [4.69, 9.17) is 4.42 Å². The largest absolute Gasteiger partial charge is 0.421 e. The van der Waals surface area contributed by atoms with Gasteiger partial charge < -0.3 is 14.6 Å². The molecule has 138 valence electrons. The first kappa shape index (κ1) is 17.2. The molecule has 1 N–H and O–H groups in total. The van der Waals surface area contributed by atoms with Crippen molar-refractivity contribution in [3.8, 4) is 11.5 Å². The predicted molar refractivity (Wildman–Crippen MR) is 102 cm³/mol. The summed E-state index contributed by atoms with van der Waals surface area (Å²) in [6, 6.07) is 13.4. The van der Waals surface area contributed by atoms with Crippen LogP contribution in [-0.2, 0) is 11.2 Å². The Balaban J connectivity index is 1.29. The Labute approximate surface area is 157 Å². The fourth-order valence-corrected chi connectivity index (χ4v) is 3.09. The number of aryl methyl sites for hydroxylation is 1. The maximum absolute atomic E-state index is 12.2. The van der Waals surface area contributed by atoms with E-state index in [2.05, 4.69) is 25.4 Å². The lowest BCUT2D eigenvalue weighted by atomic mass is 10.2. The molecular weight excluding hydrogens is 342 g/mol. The lowest BCUT2D eigenvalue weighted by molar-refractivity contribution is -0.116. The Morgan fingerprint density at radius 2 is 1.89 bits per heavy atom. The molecule has 0 aliphatic carbocycles. The number of anilines is 2. The lowest BCUT2D eigenvalue weighted by Gasteiger charge is -2.16. The van der Waals surface area contributed by atoms with Gasteiger partial charge >= 0.3 is 0 Å². The minimum absolute atomic E-state index is 0.106. The van der Waals surface area contributed by atoms with E-state index in [0.717, 1.165) is 24.5 Å². The SMILES string of the molecule is O=C(CCc1nnc(-c2ccccc2)o1)Nc1ccc(N2CCCC2)nc1. The van der Waals surface area contributed by atoms with Crippen LogP contribution in [0.1, 0.15) is 25.2 Å². The molecule has 7 nitrogen and oxygen atoms in total. The number of rotatable bonds is 6. The first-order valence-corrected chi connectivity index (χ1v) is 9.16. The molecule has 3 aromatic rings. The molecular formula is C20H21N5O2. The summed E-state index contributed by atoms with van der Waals surface area (Å²) in [5, 5.41) is 10.9. The topological polar surface area (TPSA) is 84.1 Å². The van der Waals surface area contributed by atoms with Gasteiger partial charge in [0.2, 0.25) is 17.7 Å². The molecule has 1 aliphatic heterocycles. The normalized spacial score (nSPS) is 13.7. The summed E-state index contributed by atoms with van der Waals surface area (Å²) in [6.45, 7) is 2.10. The van der Waals surface area contributed by atoms with Crippen molar-refractivity contribution >= 4 is 17.4 Å². The van der Waals surface area contributed by atoms with E-state index in [1.165, 1.54) is 12.8 Å². The highest BCUT2D eigenvalue weighted by atomic mass is 16.4. The van der Waals surface area contributed by atoms with Gasteiger partial charge in [-0.1, -0.05) is 18.2 Å². The Morgan fingerprint density at radius 1 is 1.07 bits per heavy atom. The molecule has 1 saturated heterocycles. The number of hydrogen-bond donors (Lipinski definition) is 1. The van der Waals surface area contributed by atoms with E-state index in [1.807, 2.05) is 42.5 Å². The molecule has 3 heterocycles. The van der Waals surface area contributed by atoms with Gasteiger partial charge in [-0.3, -0.25) is 4.79 Å². The Morgan fingerprint density at radius 3 is 2.63 bits per heavy atom. The molecule has 0 bridgehead atoms. The zero-order valence-corrected chi connectivity index (χ0v) is 15.0. The number of carbonyl (C=O) groups is 1.